The lowest BCUT2D eigenvalue weighted by molar-refractivity contribution is 0.0941. The minimum Gasteiger partial charge on any atom is -0.381 e. The number of terminal acetylenes is 1. The number of nitrogen functional groups attached to an aromatic ring is 1. The number of halogens is 1. The van der Waals surface area contributed by atoms with Gasteiger partial charge in [0, 0.05) is 29.3 Å². The van der Waals surface area contributed by atoms with E-state index in [4.69, 9.17) is 12.2 Å². The summed E-state index contributed by atoms with van der Waals surface area (Å²) in [6.45, 7) is 1.74. The number of nitrogens with one attached hydrogen (secondary N) is 1. The van der Waals surface area contributed by atoms with Crippen LogP contribution in [0.1, 0.15) is 34.6 Å². The van der Waals surface area contributed by atoms with Crippen LogP contribution >= 0.6 is 0 Å². The molecule has 0 saturated heterocycles. The van der Waals surface area contributed by atoms with Crippen molar-refractivity contribution >= 4 is 28.1 Å². The number of nitrogens with two attached hydrogens (primary N) is 1. The van der Waals surface area contributed by atoms with E-state index in [0.29, 0.717) is 33.4 Å². The molecule has 35 heavy (non-hydrogen) atoms. The van der Waals surface area contributed by atoms with E-state index in [-0.39, 0.29) is 16.9 Å². The summed E-state index contributed by atoms with van der Waals surface area (Å²) in [6, 6.07) is 13.5. The average molecular weight is 466 g/mol. The third-order valence-corrected chi connectivity index (χ3v) is 5.76. The van der Waals surface area contributed by atoms with Crippen LogP contribution in [0.15, 0.2) is 71.8 Å². The smallest absolute Gasteiger partial charge is 0.264 e. The molecule has 3 heterocycles. The normalized spacial score (nSPS) is 11.9. The fraction of sp³-hybridized carbons (Fsp3) is 0.0769. The predicted molar refractivity (Wildman–Crippen MR) is 131 cm³/mol. The van der Waals surface area contributed by atoms with Crippen LogP contribution in [-0.2, 0) is 0 Å². The van der Waals surface area contributed by atoms with Crippen LogP contribution in [0, 0.1) is 18.2 Å². The van der Waals surface area contributed by atoms with Crippen molar-refractivity contribution < 1.29 is 9.18 Å². The highest BCUT2D eigenvalue weighted by atomic mass is 19.1. The number of nitrogens with zero attached hydrogens (tertiary/aromatic N) is 4. The fourth-order valence-electron chi connectivity index (χ4n) is 4.14. The van der Waals surface area contributed by atoms with Crippen LogP contribution in [0.2, 0.25) is 0 Å². The SMILES string of the molecule is C#Cc1cccc2cc(C(C)NC(=O)c3c(N)nn4cccnc34)n(-c3ccc(F)cc3)c(=O)c12. The fourth-order valence-corrected chi connectivity index (χ4v) is 4.14. The number of rotatable bonds is 4. The molecule has 0 spiro atoms. The number of benzene rings is 2. The van der Waals surface area contributed by atoms with Crippen LogP contribution in [0.3, 0.4) is 0 Å². The first-order valence-corrected chi connectivity index (χ1v) is 10.7. The molecule has 3 N–H and O–H groups in total. The van der Waals surface area contributed by atoms with Crippen LogP contribution in [0.25, 0.3) is 22.1 Å². The summed E-state index contributed by atoms with van der Waals surface area (Å²) in [5, 5.41) is 7.99. The van der Waals surface area contributed by atoms with Gasteiger partial charge in [0.25, 0.3) is 11.5 Å². The number of hydrogen-bond donors (Lipinski definition) is 2. The Morgan fingerprint density at radius 1 is 1.20 bits per heavy atom. The number of carbonyl (C=O) groups is 1. The van der Waals surface area contributed by atoms with Crippen molar-refractivity contribution in [3.63, 3.8) is 0 Å². The third-order valence-electron chi connectivity index (χ3n) is 5.76. The average Bonchev–Trinajstić information content (AvgIpc) is 3.19. The molecule has 1 unspecified atom stereocenters. The highest BCUT2D eigenvalue weighted by molar-refractivity contribution is 6.04. The minimum atomic E-state index is -0.655. The summed E-state index contributed by atoms with van der Waals surface area (Å²) in [7, 11) is 0. The molecular weight excluding hydrogens is 447 g/mol. The number of fused-ring (bicyclic) bond motifs is 2. The van der Waals surface area contributed by atoms with Gasteiger partial charge in [-0.1, -0.05) is 18.1 Å². The van der Waals surface area contributed by atoms with Crippen molar-refractivity contribution in [3.05, 3.63) is 100.0 Å². The number of amides is 1. The highest BCUT2D eigenvalue weighted by Crippen LogP contribution is 2.24. The third kappa shape index (κ3) is 3.67. The predicted octanol–water partition coefficient (Wildman–Crippen LogP) is 3.23. The van der Waals surface area contributed by atoms with E-state index in [1.165, 1.54) is 39.5 Å². The van der Waals surface area contributed by atoms with Crippen molar-refractivity contribution in [2.24, 2.45) is 0 Å². The maximum atomic E-state index is 13.7. The molecular formula is C26H19FN6O2. The zero-order valence-electron chi connectivity index (χ0n) is 18.6. The summed E-state index contributed by atoms with van der Waals surface area (Å²) in [5.74, 6) is 1.64. The van der Waals surface area contributed by atoms with Gasteiger partial charge in [-0.05, 0) is 54.8 Å². The van der Waals surface area contributed by atoms with Crippen molar-refractivity contribution in [1.82, 2.24) is 24.5 Å². The molecule has 0 fully saturated rings. The molecule has 0 aliphatic carbocycles. The molecule has 0 bridgehead atoms. The lowest BCUT2D eigenvalue weighted by atomic mass is 10.0. The molecule has 0 aliphatic rings. The zero-order valence-corrected chi connectivity index (χ0v) is 18.6. The Morgan fingerprint density at radius 2 is 1.97 bits per heavy atom. The number of anilines is 1. The zero-order chi connectivity index (χ0) is 24.7. The van der Waals surface area contributed by atoms with E-state index in [9.17, 15) is 14.0 Å². The van der Waals surface area contributed by atoms with Gasteiger partial charge in [-0.3, -0.25) is 14.2 Å². The van der Waals surface area contributed by atoms with Crippen LogP contribution in [0.5, 0.6) is 0 Å². The number of aromatic nitrogens is 4. The number of pyridine rings is 1. The monoisotopic (exact) mass is 466 g/mol. The lowest BCUT2D eigenvalue weighted by Gasteiger charge is -2.21. The Labute approximate surface area is 198 Å². The quantitative estimate of drug-likeness (QED) is 0.396. The van der Waals surface area contributed by atoms with Gasteiger partial charge in [0.15, 0.2) is 11.5 Å². The second-order valence-corrected chi connectivity index (χ2v) is 7.94. The molecule has 9 heteroatoms. The van der Waals surface area contributed by atoms with Crippen LogP contribution in [-0.4, -0.2) is 25.1 Å². The van der Waals surface area contributed by atoms with Crippen molar-refractivity contribution in [3.8, 4) is 18.0 Å². The first kappa shape index (κ1) is 21.9. The lowest BCUT2D eigenvalue weighted by Crippen LogP contribution is -2.32. The molecule has 8 nitrogen and oxygen atoms in total. The van der Waals surface area contributed by atoms with Gasteiger partial charge in [-0.2, -0.15) is 0 Å². The maximum absolute atomic E-state index is 13.7. The van der Waals surface area contributed by atoms with Gasteiger partial charge in [0.1, 0.15) is 11.4 Å². The van der Waals surface area contributed by atoms with E-state index < -0.39 is 17.8 Å². The van der Waals surface area contributed by atoms with E-state index in [1.807, 2.05) is 0 Å². The maximum Gasteiger partial charge on any atom is 0.264 e. The second-order valence-electron chi connectivity index (χ2n) is 7.94. The Kier molecular flexibility index (Phi) is 5.26. The Hall–Kier alpha value is -4.97. The number of carbonyl (C=O) groups excluding carboxylic acids is 1. The summed E-state index contributed by atoms with van der Waals surface area (Å²) in [6.07, 6.45) is 8.81. The first-order valence-electron chi connectivity index (χ1n) is 10.7. The second kappa shape index (κ2) is 8.43. The van der Waals surface area contributed by atoms with Gasteiger partial charge >= 0.3 is 0 Å². The largest absolute Gasteiger partial charge is 0.381 e. The van der Waals surface area contributed by atoms with Gasteiger partial charge in [0.2, 0.25) is 0 Å². The Bertz CT molecular complexity index is 1710. The molecule has 5 aromatic rings. The standard InChI is InChI=1S/C26H19FN6O2/c1-3-16-6-4-7-17-14-20(33(26(35)21(16)17)19-10-8-18(27)9-11-19)15(2)30-25(34)22-23(28)31-32-13-5-12-29-24(22)32/h1,4-15H,2H3,(H2,28,31)(H,30,34). The molecule has 1 atom stereocenters. The van der Waals surface area contributed by atoms with E-state index in [2.05, 4.69) is 21.3 Å². The van der Waals surface area contributed by atoms with E-state index in [0.717, 1.165) is 0 Å². The molecule has 5 rings (SSSR count). The van der Waals surface area contributed by atoms with Gasteiger partial charge in [-0.25, -0.2) is 13.9 Å². The molecule has 1 amide bonds. The number of hydrogen-bond acceptors (Lipinski definition) is 5. The molecule has 172 valence electrons. The summed E-state index contributed by atoms with van der Waals surface area (Å²) >= 11 is 0. The van der Waals surface area contributed by atoms with Gasteiger partial charge < -0.3 is 11.1 Å². The van der Waals surface area contributed by atoms with Gasteiger partial charge in [0.05, 0.1) is 11.4 Å². The van der Waals surface area contributed by atoms with Crippen molar-refractivity contribution in [2.45, 2.75) is 13.0 Å². The first-order chi connectivity index (χ1) is 16.9. The Morgan fingerprint density at radius 3 is 2.71 bits per heavy atom. The van der Waals surface area contributed by atoms with Gasteiger partial charge in [-0.15, -0.1) is 11.5 Å². The van der Waals surface area contributed by atoms with Crippen molar-refractivity contribution in [2.75, 3.05) is 5.73 Å². The summed E-state index contributed by atoms with van der Waals surface area (Å²) in [5.41, 5.74) is 7.39. The summed E-state index contributed by atoms with van der Waals surface area (Å²) in [4.78, 5) is 31.1. The molecule has 0 radical (unpaired) electrons. The van der Waals surface area contributed by atoms with Crippen LogP contribution < -0.4 is 16.6 Å². The Balaban J connectivity index is 1.66. The van der Waals surface area contributed by atoms with Crippen LogP contribution in [0.4, 0.5) is 10.2 Å². The topological polar surface area (TPSA) is 107 Å². The molecule has 2 aromatic carbocycles. The minimum absolute atomic E-state index is 0.0292. The van der Waals surface area contributed by atoms with E-state index >= 15 is 0 Å². The van der Waals surface area contributed by atoms with E-state index in [1.54, 1.807) is 43.5 Å². The molecule has 0 saturated carbocycles. The molecule has 3 aromatic heterocycles. The van der Waals surface area contributed by atoms with Crippen molar-refractivity contribution in [1.29, 1.82) is 0 Å². The highest BCUT2D eigenvalue weighted by Gasteiger charge is 2.24. The molecule has 0 aliphatic heterocycles. The summed E-state index contributed by atoms with van der Waals surface area (Å²) < 4.78 is 16.5.